The number of anilines is 1. The highest BCUT2D eigenvalue weighted by Crippen LogP contribution is 2.33. The normalized spacial score (nSPS) is 15.4. The molecule has 36 heavy (non-hydrogen) atoms. The summed E-state index contributed by atoms with van der Waals surface area (Å²) >= 11 is 0. The van der Waals surface area contributed by atoms with Crippen molar-refractivity contribution in [3.63, 3.8) is 0 Å². The van der Waals surface area contributed by atoms with Crippen LogP contribution in [0.3, 0.4) is 0 Å². The molecule has 5 nitrogen and oxygen atoms in total. The van der Waals surface area contributed by atoms with Crippen LogP contribution in [0.25, 0.3) is 22.2 Å². The molecule has 0 bridgehead atoms. The maximum atomic E-state index is 13.4. The molecule has 5 heteroatoms. The summed E-state index contributed by atoms with van der Waals surface area (Å²) in [6.45, 7) is 0.902. The first-order chi connectivity index (χ1) is 17.8. The molecule has 3 aromatic heterocycles. The predicted octanol–water partition coefficient (Wildman–Crippen LogP) is 7.49. The van der Waals surface area contributed by atoms with Crippen molar-refractivity contribution in [3.05, 3.63) is 79.3 Å². The van der Waals surface area contributed by atoms with Gasteiger partial charge in [-0.3, -0.25) is 4.79 Å². The second-order valence-corrected chi connectivity index (χ2v) is 10.0. The van der Waals surface area contributed by atoms with Crippen molar-refractivity contribution in [2.45, 2.75) is 64.3 Å². The number of fused-ring (bicyclic) bond motifs is 1. The number of pyridine rings is 2. The van der Waals surface area contributed by atoms with Gasteiger partial charge in [0.1, 0.15) is 11.5 Å². The Morgan fingerprint density at radius 2 is 1.67 bits per heavy atom. The number of unbranched alkanes of at least 4 members (excludes halogenated alkanes) is 1. The molecule has 0 saturated heterocycles. The maximum Gasteiger partial charge on any atom is 0.228 e. The van der Waals surface area contributed by atoms with Gasteiger partial charge in [0.15, 0.2) is 0 Å². The van der Waals surface area contributed by atoms with Gasteiger partial charge < -0.3 is 9.88 Å². The standard InChI is InChI=1S/C31H36N4O/c36-31(34-29-19-8-10-20-32-29)26(24-13-4-1-2-5-14-24)17-9-11-22-35-23-28(25-15-6-3-7-16-25)27-18-12-21-33-30(27)35/h3,6-8,10,12,15-16,18-21,23-24,26H,1-2,4-5,9,11,13-14,17,22H2,(H,32,34,36). The van der Waals surface area contributed by atoms with Gasteiger partial charge in [0.25, 0.3) is 0 Å². The van der Waals surface area contributed by atoms with Crippen LogP contribution in [0.15, 0.2) is 79.3 Å². The minimum Gasteiger partial charge on any atom is -0.332 e. The number of rotatable bonds is 9. The van der Waals surface area contributed by atoms with E-state index in [0.29, 0.717) is 11.7 Å². The Kier molecular flexibility index (Phi) is 8.06. The maximum absolute atomic E-state index is 13.4. The monoisotopic (exact) mass is 480 g/mol. The Labute approximate surface area is 214 Å². The molecular weight excluding hydrogens is 444 g/mol. The smallest absolute Gasteiger partial charge is 0.228 e. The van der Waals surface area contributed by atoms with Gasteiger partial charge in [0, 0.05) is 42.0 Å². The third kappa shape index (κ3) is 5.84. The van der Waals surface area contributed by atoms with E-state index in [2.05, 4.69) is 57.5 Å². The second-order valence-electron chi connectivity index (χ2n) is 10.0. The van der Waals surface area contributed by atoms with E-state index in [1.807, 2.05) is 30.5 Å². The molecule has 3 heterocycles. The Balaban J connectivity index is 1.26. The molecule has 1 N–H and O–H groups in total. The highest BCUT2D eigenvalue weighted by molar-refractivity contribution is 5.94. The summed E-state index contributed by atoms with van der Waals surface area (Å²) in [6.07, 6.45) is 16.2. The average Bonchev–Trinajstić information content (AvgIpc) is 3.08. The van der Waals surface area contributed by atoms with Gasteiger partial charge in [0.2, 0.25) is 5.91 Å². The first-order valence-electron chi connectivity index (χ1n) is 13.5. The molecule has 1 fully saturated rings. The van der Waals surface area contributed by atoms with Crippen molar-refractivity contribution >= 4 is 22.8 Å². The molecular formula is C31H36N4O. The van der Waals surface area contributed by atoms with E-state index in [1.165, 1.54) is 42.2 Å². The SMILES string of the molecule is O=C(Nc1ccccn1)C(CCCCn1cc(-c2ccccc2)c2cccnc21)C1CCCCCC1. The summed E-state index contributed by atoms with van der Waals surface area (Å²) in [5, 5.41) is 4.29. The van der Waals surface area contributed by atoms with Crippen LogP contribution < -0.4 is 5.32 Å². The molecule has 1 aliphatic carbocycles. The second kappa shape index (κ2) is 12.0. The van der Waals surface area contributed by atoms with Gasteiger partial charge in [-0.25, -0.2) is 9.97 Å². The summed E-state index contributed by atoms with van der Waals surface area (Å²) in [4.78, 5) is 22.4. The lowest BCUT2D eigenvalue weighted by Crippen LogP contribution is -2.30. The topological polar surface area (TPSA) is 59.8 Å². The van der Waals surface area contributed by atoms with Gasteiger partial charge in [0.05, 0.1) is 0 Å². The number of benzene rings is 1. The van der Waals surface area contributed by atoms with Crippen LogP contribution in [-0.4, -0.2) is 20.4 Å². The van der Waals surface area contributed by atoms with E-state index in [9.17, 15) is 4.79 Å². The highest BCUT2D eigenvalue weighted by atomic mass is 16.2. The Morgan fingerprint density at radius 1 is 0.889 bits per heavy atom. The fraction of sp³-hybridized carbons (Fsp3) is 0.387. The molecule has 5 rings (SSSR count). The van der Waals surface area contributed by atoms with Crippen molar-refractivity contribution in [3.8, 4) is 11.1 Å². The quantitative estimate of drug-likeness (QED) is 0.199. The highest BCUT2D eigenvalue weighted by Gasteiger charge is 2.28. The number of carbonyl (C=O) groups is 1. The third-order valence-corrected chi connectivity index (χ3v) is 7.60. The van der Waals surface area contributed by atoms with E-state index >= 15 is 0 Å². The van der Waals surface area contributed by atoms with Gasteiger partial charge in [-0.05, 0) is 61.4 Å². The van der Waals surface area contributed by atoms with Crippen LogP contribution in [0.1, 0.15) is 57.8 Å². The van der Waals surface area contributed by atoms with E-state index < -0.39 is 0 Å². The molecule has 1 amide bonds. The van der Waals surface area contributed by atoms with Crippen LogP contribution in [0.5, 0.6) is 0 Å². The van der Waals surface area contributed by atoms with E-state index in [4.69, 9.17) is 4.98 Å². The van der Waals surface area contributed by atoms with E-state index in [-0.39, 0.29) is 11.8 Å². The first kappa shape index (κ1) is 24.2. The number of nitrogens with one attached hydrogen (secondary N) is 1. The molecule has 1 unspecified atom stereocenters. The van der Waals surface area contributed by atoms with E-state index in [1.54, 1.807) is 6.20 Å². The summed E-state index contributed by atoms with van der Waals surface area (Å²) in [5.74, 6) is 1.30. The molecule has 0 radical (unpaired) electrons. The molecule has 0 spiro atoms. The zero-order valence-electron chi connectivity index (χ0n) is 21.0. The van der Waals surface area contributed by atoms with E-state index in [0.717, 1.165) is 44.3 Å². The number of aryl methyl sites for hydroxylation is 1. The summed E-state index contributed by atoms with van der Waals surface area (Å²) in [6, 6.07) is 20.4. The Morgan fingerprint density at radius 3 is 2.44 bits per heavy atom. The van der Waals surface area contributed by atoms with Gasteiger partial charge in [-0.1, -0.05) is 68.5 Å². The number of aromatic nitrogens is 3. The van der Waals surface area contributed by atoms with Crippen molar-refractivity contribution in [2.75, 3.05) is 5.32 Å². The van der Waals surface area contributed by atoms with Gasteiger partial charge in [-0.2, -0.15) is 0 Å². The van der Waals surface area contributed by atoms with Crippen molar-refractivity contribution < 1.29 is 4.79 Å². The van der Waals surface area contributed by atoms with Crippen LogP contribution in [-0.2, 0) is 11.3 Å². The van der Waals surface area contributed by atoms with Crippen LogP contribution in [0.2, 0.25) is 0 Å². The first-order valence-corrected chi connectivity index (χ1v) is 13.5. The number of hydrogen-bond acceptors (Lipinski definition) is 3. The summed E-state index contributed by atoms with van der Waals surface area (Å²) < 4.78 is 2.28. The lowest BCUT2D eigenvalue weighted by Gasteiger charge is -2.25. The molecule has 1 aliphatic rings. The Hall–Kier alpha value is -3.47. The van der Waals surface area contributed by atoms with Crippen LogP contribution >= 0.6 is 0 Å². The molecule has 1 aromatic carbocycles. The molecule has 4 aromatic rings. The minimum absolute atomic E-state index is 0.0458. The zero-order valence-corrected chi connectivity index (χ0v) is 21.0. The number of carbonyl (C=O) groups excluding carboxylic acids is 1. The summed E-state index contributed by atoms with van der Waals surface area (Å²) in [7, 11) is 0. The Bertz CT molecular complexity index is 1240. The van der Waals surface area contributed by atoms with Crippen LogP contribution in [0.4, 0.5) is 5.82 Å². The fourth-order valence-electron chi connectivity index (χ4n) is 5.74. The molecule has 186 valence electrons. The number of hydrogen-bond donors (Lipinski definition) is 1. The lowest BCUT2D eigenvalue weighted by molar-refractivity contribution is -0.122. The van der Waals surface area contributed by atoms with Crippen molar-refractivity contribution in [2.24, 2.45) is 11.8 Å². The molecule has 0 aliphatic heterocycles. The minimum atomic E-state index is 0.0458. The lowest BCUT2D eigenvalue weighted by atomic mass is 9.82. The fourth-order valence-corrected chi connectivity index (χ4v) is 5.74. The van der Waals surface area contributed by atoms with Crippen LogP contribution in [0, 0.1) is 11.8 Å². The van der Waals surface area contributed by atoms with Crippen molar-refractivity contribution in [1.29, 1.82) is 0 Å². The number of nitrogens with zero attached hydrogens (tertiary/aromatic N) is 3. The zero-order chi connectivity index (χ0) is 24.6. The summed E-state index contributed by atoms with van der Waals surface area (Å²) in [5.41, 5.74) is 3.48. The third-order valence-electron chi connectivity index (χ3n) is 7.60. The average molecular weight is 481 g/mol. The molecule has 1 saturated carbocycles. The largest absolute Gasteiger partial charge is 0.332 e. The van der Waals surface area contributed by atoms with Crippen molar-refractivity contribution in [1.82, 2.24) is 14.5 Å². The molecule has 1 atom stereocenters. The van der Waals surface area contributed by atoms with Gasteiger partial charge in [-0.15, -0.1) is 0 Å². The number of amides is 1. The predicted molar refractivity (Wildman–Crippen MR) is 147 cm³/mol. The van der Waals surface area contributed by atoms with Gasteiger partial charge >= 0.3 is 0 Å².